The van der Waals surface area contributed by atoms with Crippen molar-refractivity contribution >= 4 is 16.5 Å². The van der Waals surface area contributed by atoms with Crippen LogP contribution in [0.4, 0.5) is 5.00 Å². The standard InChI is InChI=1S/C11H21N5S/c1-8-5-16(6-9(2)15(8)4)7-10-11(12-3)17-14-13-10/h8-9,12H,5-7H2,1-4H3. The molecule has 0 aromatic carbocycles. The molecule has 1 saturated heterocycles. The van der Waals surface area contributed by atoms with Gasteiger partial charge >= 0.3 is 0 Å². The van der Waals surface area contributed by atoms with Gasteiger partial charge in [0.25, 0.3) is 0 Å². The smallest absolute Gasteiger partial charge is 0.134 e. The van der Waals surface area contributed by atoms with E-state index < -0.39 is 0 Å². The van der Waals surface area contributed by atoms with Crippen LogP contribution in [-0.4, -0.2) is 58.7 Å². The molecular formula is C11H21N5S. The number of nitrogens with one attached hydrogen (secondary N) is 1. The lowest BCUT2D eigenvalue weighted by Crippen LogP contribution is -2.54. The Morgan fingerprint density at radius 2 is 2.00 bits per heavy atom. The van der Waals surface area contributed by atoms with E-state index in [1.165, 1.54) is 11.5 Å². The second-order valence-electron chi connectivity index (χ2n) is 4.86. The number of anilines is 1. The van der Waals surface area contributed by atoms with E-state index in [2.05, 4.69) is 45.6 Å². The van der Waals surface area contributed by atoms with Crippen molar-refractivity contribution in [1.29, 1.82) is 0 Å². The number of nitrogens with zero attached hydrogens (tertiary/aromatic N) is 4. The van der Waals surface area contributed by atoms with Crippen molar-refractivity contribution in [2.45, 2.75) is 32.5 Å². The quantitative estimate of drug-likeness (QED) is 0.876. The zero-order valence-corrected chi connectivity index (χ0v) is 11.8. The molecule has 2 rings (SSSR count). The molecule has 6 heteroatoms. The van der Waals surface area contributed by atoms with E-state index in [1.54, 1.807) is 0 Å². The van der Waals surface area contributed by atoms with Crippen molar-refractivity contribution in [2.24, 2.45) is 0 Å². The molecule has 2 atom stereocenters. The summed E-state index contributed by atoms with van der Waals surface area (Å²) in [7, 11) is 4.13. The Morgan fingerprint density at radius 1 is 1.35 bits per heavy atom. The highest BCUT2D eigenvalue weighted by molar-refractivity contribution is 7.10. The summed E-state index contributed by atoms with van der Waals surface area (Å²) in [6.45, 7) is 7.65. The number of hydrogen-bond donors (Lipinski definition) is 1. The van der Waals surface area contributed by atoms with Crippen LogP contribution in [0.3, 0.4) is 0 Å². The zero-order chi connectivity index (χ0) is 12.4. The van der Waals surface area contributed by atoms with Crippen molar-refractivity contribution in [2.75, 3.05) is 32.5 Å². The van der Waals surface area contributed by atoms with E-state index in [1.807, 2.05) is 7.05 Å². The number of piperazine rings is 1. The lowest BCUT2D eigenvalue weighted by atomic mass is 10.1. The van der Waals surface area contributed by atoms with E-state index in [-0.39, 0.29) is 0 Å². The summed E-state index contributed by atoms with van der Waals surface area (Å²) in [4.78, 5) is 4.90. The van der Waals surface area contributed by atoms with Gasteiger partial charge in [-0.25, -0.2) is 0 Å². The third-order valence-corrected chi connectivity index (χ3v) is 4.38. The highest BCUT2D eigenvalue weighted by atomic mass is 32.1. The predicted octanol–water partition coefficient (Wildman–Crippen LogP) is 1.10. The molecule has 0 radical (unpaired) electrons. The molecule has 96 valence electrons. The van der Waals surface area contributed by atoms with Crippen LogP contribution in [0.5, 0.6) is 0 Å². The van der Waals surface area contributed by atoms with Gasteiger partial charge in [-0.1, -0.05) is 4.49 Å². The summed E-state index contributed by atoms with van der Waals surface area (Å²) >= 11 is 1.43. The highest BCUT2D eigenvalue weighted by Crippen LogP contribution is 2.21. The molecule has 1 aliphatic rings. The summed E-state index contributed by atoms with van der Waals surface area (Å²) in [5.41, 5.74) is 1.07. The summed E-state index contributed by atoms with van der Waals surface area (Å²) in [5, 5.41) is 8.44. The molecule has 1 aliphatic heterocycles. The molecular weight excluding hydrogens is 234 g/mol. The van der Waals surface area contributed by atoms with Crippen LogP contribution in [-0.2, 0) is 6.54 Å². The van der Waals surface area contributed by atoms with Crippen LogP contribution < -0.4 is 5.32 Å². The van der Waals surface area contributed by atoms with Crippen LogP contribution >= 0.6 is 11.5 Å². The molecule has 2 heterocycles. The Hall–Kier alpha value is -0.720. The Labute approximate surface area is 107 Å². The fraction of sp³-hybridized carbons (Fsp3) is 0.818. The van der Waals surface area contributed by atoms with Gasteiger partial charge in [0, 0.05) is 50.3 Å². The SMILES string of the molecule is CNc1snnc1CN1CC(C)N(C)C(C)C1. The Balaban J connectivity index is 2.00. The topological polar surface area (TPSA) is 44.3 Å². The normalized spacial score (nSPS) is 27.3. The summed E-state index contributed by atoms with van der Waals surface area (Å²) < 4.78 is 4.00. The fourth-order valence-electron chi connectivity index (χ4n) is 2.36. The van der Waals surface area contributed by atoms with Gasteiger partial charge < -0.3 is 5.32 Å². The van der Waals surface area contributed by atoms with Crippen LogP contribution in [0, 0.1) is 0 Å². The van der Waals surface area contributed by atoms with Gasteiger partial charge in [-0.3, -0.25) is 9.80 Å². The predicted molar refractivity (Wildman–Crippen MR) is 71.4 cm³/mol. The van der Waals surface area contributed by atoms with Gasteiger partial charge in [-0.05, 0) is 20.9 Å². The second kappa shape index (κ2) is 5.29. The molecule has 0 bridgehead atoms. The molecule has 0 amide bonds. The molecule has 1 aromatic heterocycles. The molecule has 17 heavy (non-hydrogen) atoms. The van der Waals surface area contributed by atoms with Gasteiger partial charge in [-0.15, -0.1) is 5.10 Å². The van der Waals surface area contributed by atoms with Gasteiger partial charge in [-0.2, -0.15) is 0 Å². The van der Waals surface area contributed by atoms with Gasteiger partial charge in [0.15, 0.2) is 0 Å². The Kier molecular flexibility index (Phi) is 3.96. The number of likely N-dealkylation sites (N-methyl/N-ethyl adjacent to an activating group) is 1. The van der Waals surface area contributed by atoms with Crippen molar-refractivity contribution in [3.8, 4) is 0 Å². The number of aromatic nitrogens is 2. The minimum Gasteiger partial charge on any atom is -0.377 e. The maximum Gasteiger partial charge on any atom is 0.134 e. The summed E-state index contributed by atoms with van der Waals surface area (Å²) in [6.07, 6.45) is 0. The van der Waals surface area contributed by atoms with Crippen LogP contribution in [0.2, 0.25) is 0 Å². The third-order valence-electron chi connectivity index (χ3n) is 3.59. The average Bonchev–Trinajstić information content (AvgIpc) is 2.73. The molecule has 1 fully saturated rings. The first-order valence-corrected chi connectivity index (χ1v) is 6.82. The summed E-state index contributed by atoms with van der Waals surface area (Å²) in [6, 6.07) is 1.20. The Morgan fingerprint density at radius 3 is 2.59 bits per heavy atom. The molecule has 0 aliphatic carbocycles. The number of hydrogen-bond acceptors (Lipinski definition) is 6. The van der Waals surface area contributed by atoms with Crippen molar-refractivity contribution in [1.82, 2.24) is 19.4 Å². The monoisotopic (exact) mass is 255 g/mol. The van der Waals surface area contributed by atoms with E-state index in [9.17, 15) is 0 Å². The zero-order valence-electron chi connectivity index (χ0n) is 11.0. The van der Waals surface area contributed by atoms with Gasteiger partial charge in [0.2, 0.25) is 0 Å². The molecule has 0 saturated carbocycles. The minimum atomic E-state index is 0.600. The first-order chi connectivity index (χ1) is 8.11. The maximum absolute atomic E-state index is 4.20. The first kappa shape index (κ1) is 12.7. The fourth-order valence-corrected chi connectivity index (χ4v) is 2.88. The molecule has 0 spiro atoms. The molecule has 2 unspecified atom stereocenters. The van der Waals surface area contributed by atoms with Crippen molar-refractivity contribution < 1.29 is 0 Å². The third kappa shape index (κ3) is 2.75. The lowest BCUT2D eigenvalue weighted by molar-refractivity contribution is 0.0550. The van der Waals surface area contributed by atoms with Gasteiger partial charge in [0.05, 0.1) is 0 Å². The highest BCUT2D eigenvalue weighted by Gasteiger charge is 2.27. The van der Waals surface area contributed by atoms with E-state index in [4.69, 9.17) is 0 Å². The lowest BCUT2D eigenvalue weighted by Gasteiger charge is -2.42. The van der Waals surface area contributed by atoms with E-state index in [0.717, 1.165) is 30.3 Å². The van der Waals surface area contributed by atoms with E-state index >= 15 is 0 Å². The first-order valence-electron chi connectivity index (χ1n) is 6.05. The molecule has 1 aromatic rings. The summed E-state index contributed by atoms with van der Waals surface area (Å²) in [5.74, 6) is 0. The molecule has 1 N–H and O–H groups in total. The van der Waals surface area contributed by atoms with Crippen LogP contribution in [0.15, 0.2) is 0 Å². The largest absolute Gasteiger partial charge is 0.377 e. The van der Waals surface area contributed by atoms with Crippen molar-refractivity contribution in [3.63, 3.8) is 0 Å². The van der Waals surface area contributed by atoms with Crippen molar-refractivity contribution in [3.05, 3.63) is 5.69 Å². The van der Waals surface area contributed by atoms with Crippen LogP contribution in [0.25, 0.3) is 0 Å². The maximum atomic E-state index is 4.20. The Bertz CT molecular complexity index is 354. The second-order valence-corrected chi connectivity index (χ2v) is 5.61. The van der Waals surface area contributed by atoms with Gasteiger partial charge in [0.1, 0.15) is 10.7 Å². The van der Waals surface area contributed by atoms with E-state index in [0.29, 0.717) is 12.1 Å². The number of rotatable bonds is 3. The van der Waals surface area contributed by atoms with Crippen LogP contribution in [0.1, 0.15) is 19.5 Å². The average molecular weight is 255 g/mol. The molecule has 5 nitrogen and oxygen atoms in total. The minimum absolute atomic E-state index is 0.600.